The van der Waals surface area contributed by atoms with E-state index in [2.05, 4.69) is 14.0 Å². The van der Waals surface area contributed by atoms with E-state index in [0.717, 1.165) is 0 Å². The van der Waals surface area contributed by atoms with Gasteiger partial charge in [0.05, 0.1) is 0 Å². The number of hydrogen-bond acceptors (Lipinski definition) is 3. The van der Waals surface area contributed by atoms with Gasteiger partial charge in [-0.3, -0.25) is 0 Å². The van der Waals surface area contributed by atoms with E-state index in [4.69, 9.17) is 0 Å². The Kier molecular flexibility index (Phi) is 2.43. The Morgan fingerprint density at radius 3 is 2.86 bits per heavy atom. The van der Waals surface area contributed by atoms with Crippen LogP contribution in [-0.4, -0.2) is 13.7 Å². The predicted molar refractivity (Wildman–Crippen MR) is 36.0 cm³/mol. The summed E-state index contributed by atoms with van der Waals surface area (Å²) in [6, 6.07) is 0. The van der Waals surface area contributed by atoms with Crippen LogP contribution in [-0.2, 0) is 11.4 Å². The summed E-state index contributed by atoms with van der Waals surface area (Å²) in [5, 5.41) is 1.24. The van der Waals surface area contributed by atoms with Gasteiger partial charge in [-0.15, -0.1) is 0 Å². The summed E-state index contributed by atoms with van der Waals surface area (Å²) in [4.78, 5) is 0. The van der Waals surface area contributed by atoms with Crippen molar-refractivity contribution in [2.75, 3.05) is 0 Å². The molecular weight excluding hydrogens is 191 g/mol. The molecule has 0 N–H and O–H groups in total. The quantitative estimate of drug-likeness (QED) is 0.462. The molecule has 0 fully saturated rings. The predicted octanol–water partition coefficient (Wildman–Crippen LogP) is 1.61. The molecule has 1 atom stereocenters. The molecule has 0 radical (unpaired) electrons. The zero-order chi connectivity index (χ0) is 5.11. The standard InChI is InChI=1S/C2H5AsN2S2/c1-2-3-4-7-5-6-3/h2H2,1H3. The van der Waals surface area contributed by atoms with Gasteiger partial charge >= 0.3 is 54.5 Å². The van der Waals surface area contributed by atoms with Crippen molar-refractivity contribution in [3.8, 4) is 0 Å². The van der Waals surface area contributed by atoms with E-state index in [9.17, 15) is 0 Å². The topological polar surface area (TPSA) is 24.7 Å². The summed E-state index contributed by atoms with van der Waals surface area (Å²) in [5.74, 6) is 0. The molecule has 0 aromatic carbocycles. The molecule has 5 heteroatoms. The van der Waals surface area contributed by atoms with Gasteiger partial charge in [0, 0.05) is 0 Å². The Morgan fingerprint density at radius 2 is 2.57 bits per heavy atom. The van der Waals surface area contributed by atoms with Crippen molar-refractivity contribution in [2.24, 2.45) is 7.05 Å². The van der Waals surface area contributed by atoms with Gasteiger partial charge in [0.1, 0.15) is 0 Å². The van der Waals surface area contributed by atoms with Gasteiger partial charge in [0.25, 0.3) is 0 Å². The Hall–Kier alpha value is 0.728. The second kappa shape index (κ2) is 2.90. The Labute approximate surface area is 54.6 Å². The molecular formula is C2H5AsN2S2. The molecule has 7 heavy (non-hydrogen) atoms. The first-order chi connectivity index (χ1) is 3.43. The SMILES string of the molecule is CC[As]1N=S=NS1. The van der Waals surface area contributed by atoms with Crippen LogP contribution in [0.15, 0.2) is 7.05 Å². The molecule has 0 aliphatic carbocycles. The molecule has 2 nitrogen and oxygen atoms in total. The van der Waals surface area contributed by atoms with E-state index in [0.29, 0.717) is 0 Å². The molecule has 0 amide bonds. The molecule has 40 valence electrons. The van der Waals surface area contributed by atoms with Crippen molar-refractivity contribution < 1.29 is 0 Å². The second-order valence-electron chi connectivity index (χ2n) is 0.988. The third-order valence-electron chi connectivity index (χ3n) is 0.559. The summed E-state index contributed by atoms with van der Waals surface area (Å²) < 4.78 is 8.18. The molecule has 1 heterocycles. The van der Waals surface area contributed by atoms with E-state index in [1.807, 2.05) is 0 Å². The summed E-state index contributed by atoms with van der Waals surface area (Å²) in [5.41, 5.74) is 0. The van der Waals surface area contributed by atoms with Gasteiger partial charge in [-0.1, -0.05) is 0 Å². The minimum absolute atomic E-state index is 0.780. The summed E-state index contributed by atoms with van der Waals surface area (Å²) in [6.07, 6.45) is 0. The summed E-state index contributed by atoms with van der Waals surface area (Å²) in [7, 11) is 1.71. The van der Waals surface area contributed by atoms with Crippen molar-refractivity contribution in [2.45, 2.75) is 12.1 Å². The van der Waals surface area contributed by atoms with Gasteiger partial charge in [-0.05, 0) is 0 Å². The van der Waals surface area contributed by atoms with Crippen LogP contribution in [0.2, 0.25) is 5.21 Å². The van der Waals surface area contributed by atoms with E-state index in [-0.39, 0.29) is 0 Å². The Morgan fingerprint density at radius 1 is 1.71 bits per heavy atom. The zero-order valence-electron chi connectivity index (χ0n) is 3.87. The number of hydrogen-bond donors (Lipinski definition) is 0. The minimum atomic E-state index is -0.780. The van der Waals surface area contributed by atoms with Crippen molar-refractivity contribution >= 4 is 35.3 Å². The van der Waals surface area contributed by atoms with Gasteiger partial charge in [-0.2, -0.15) is 0 Å². The molecule has 1 rings (SSSR count). The van der Waals surface area contributed by atoms with Crippen LogP contribution < -0.4 is 0 Å². The third-order valence-corrected chi connectivity index (χ3v) is 9.10. The first kappa shape index (κ1) is 5.86. The van der Waals surface area contributed by atoms with Crippen LogP contribution >= 0.6 is 10.2 Å². The fourth-order valence-electron chi connectivity index (χ4n) is 0.239. The average Bonchev–Trinajstić information content (AvgIpc) is 2.14. The fourth-order valence-corrected chi connectivity index (χ4v) is 6.79. The molecule has 0 aromatic rings. The monoisotopic (exact) mass is 196 g/mol. The maximum atomic E-state index is 4.21. The van der Waals surface area contributed by atoms with Gasteiger partial charge in [-0.25, -0.2) is 0 Å². The summed E-state index contributed by atoms with van der Waals surface area (Å²) >= 11 is 0.604. The van der Waals surface area contributed by atoms with Crippen LogP contribution in [0.1, 0.15) is 6.92 Å². The maximum absolute atomic E-state index is 4.21. The van der Waals surface area contributed by atoms with Crippen molar-refractivity contribution in [1.29, 1.82) is 0 Å². The van der Waals surface area contributed by atoms with Crippen molar-refractivity contribution in [1.82, 2.24) is 0 Å². The summed E-state index contributed by atoms with van der Waals surface area (Å²) in [6.45, 7) is 2.18. The van der Waals surface area contributed by atoms with Gasteiger partial charge in [0.15, 0.2) is 0 Å². The average molecular weight is 196 g/mol. The van der Waals surface area contributed by atoms with E-state index < -0.39 is 13.7 Å². The first-order valence-corrected chi connectivity index (χ1v) is 7.88. The molecule has 1 unspecified atom stereocenters. The third kappa shape index (κ3) is 1.59. The second-order valence-corrected chi connectivity index (χ2v) is 9.12. The van der Waals surface area contributed by atoms with Gasteiger partial charge < -0.3 is 0 Å². The molecule has 0 bridgehead atoms. The van der Waals surface area contributed by atoms with Crippen LogP contribution in [0.25, 0.3) is 0 Å². The van der Waals surface area contributed by atoms with Crippen molar-refractivity contribution in [3.63, 3.8) is 0 Å². The molecule has 1 aliphatic heterocycles. The molecule has 1 aliphatic rings. The normalized spacial score (nSPS) is 27.9. The molecule has 0 spiro atoms. The molecule has 0 aromatic heterocycles. The molecule has 0 saturated heterocycles. The van der Waals surface area contributed by atoms with Crippen LogP contribution in [0, 0.1) is 0 Å². The fraction of sp³-hybridized carbons (Fsp3) is 1.00. The van der Waals surface area contributed by atoms with Crippen LogP contribution in [0.4, 0.5) is 0 Å². The van der Waals surface area contributed by atoms with E-state index >= 15 is 0 Å². The van der Waals surface area contributed by atoms with Crippen LogP contribution in [0.3, 0.4) is 0 Å². The zero-order valence-corrected chi connectivity index (χ0v) is 7.37. The Bertz CT molecular complexity index is 119. The Balaban J connectivity index is 2.37. The number of nitrogens with zero attached hydrogens (tertiary/aromatic N) is 2. The van der Waals surface area contributed by atoms with Crippen LogP contribution in [0.5, 0.6) is 0 Å². The number of rotatable bonds is 1. The first-order valence-electron chi connectivity index (χ1n) is 1.95. The molecule has 0 saturated carbocycles. The van der Waals surface area contributed by atoms with E-state index in [1.54, 1.807) is 10.2 Å². The van der Waals surface area contributed by atoms with Crippen molar-refractivity contribution in [3.05, 3.63) is 0 Å². The van der Waals surface area contributed by atoms with E-state index in [1.165, 1.54) is 16.6 Å². The van der Waals surface area contributed by atoms with Gasteiger partial charge in [0.2, 0.25) is 0 Å².